The average molecular weight is 378 g/mol. The first-order valence-corrected chi connectivity index (χ1v) is 10.9. The van der Waals surface area contributed by atoms with Gasteiger partial charge in [0, 0.05) is 51.7 Å². The third kappa shape index (κ3) is 3.63. The Bertz CT molecular complexity index is 751. The largest absolute Gasteiger partial charge is 0.341 e. The molecule has 2 aliphatic heterocycles. The lowest BCUT2D eigenvalue weighted by atomic mass is 10.2. The summed E-state index contributed by atoms with van der Waals surface area (Å²) in [7, 11) is -3.52. The molecule has 1 aromatic heterocycles. The van der Waals surface area contributed by atoms with Crippen molar-refractivity contribution in [3.8, 4) is 0 Å². The maximum absolute atomic E-state index is 12.8. The molecule has 2 saturated heterocycles. The van der Waals surface area contributed by atoms with Crippen LogP contribution in [0, 0.1) is 5.92 Å². The van der Waals surface area contributed by atoms with Gasteiger partial charge in [-0.25, -0.2) is 8.42 Å². The van der Waals surface area contributed by atoms with E-state index in [2.05, 4.69) is 9.88 Å². The van der Waals surface area contributed by atoms with E-state index in [0.717, 1.165) is 32.5 Å². The second-order valence-electron chi connectivity index (χ2n) is 7.51. The van der Waals surface area contributed by atoms with Gasteiger partial charge in [-0.15, -0.1) is 0 Å². The van der Waals surface area contributed by atoms with Crippen LogP contribution in [0.2, 0.25) is 0 Å². The number of rotatable bonds is 5. The van der Waals surface area contributed by atoms with Gasteiger partial charge in [-0.3, -0.25) is 14.7 Å². The molecule has 0 unspecified atom stereocenters. The highest BCUT2D eigenvalue weighted by Gasteiger charge is 2.39. The highest BCUT2D eigenvalue weighted by molar-refractivity contribution is 7.89. The first-order valence-electron chi connectivity index (χ1n) is 9.49. The van der Waals surface area contributed by atoms with Crippen LogP contribution in [0.25, 0.3) is 0 Å². The third-order valence-electron chi connectivity index (χ3n) is 5.65. The van der Waals surface area contributed by atoms with Gasteiger partial charge in [0.05, 0.1) is 6.04 Å². The van der Waals surface area contributed by atoms with Crippen LogP contribution >= 0.6 is 0 Å². The summed E-state index contributed by atoms with van der Waals surface area (Å²) in [6.07, 6.45) is 7.07. The lowest BCUT2D eigenvalue weighted by Gasteiger charge is -2.26. The van der Waals surface area contributed by atoms with Crippen molar-refractivity contribution < 1.29 is 13.2 Å². The van der Waals surface area contributed by atoms with E-state index in [1.807, 2.05) is 4.90 Å². The second-order valence-corrected chi connectivity index (χ2v) is 9.45. The van der Waals surface area contributed by atoms with E-state index in [1.54, 1.807) is 18.3 Å². The summed E-state index contributed by atoms with van der Waals surface area (Å²) in [5, 5.41) is 0. The molecule has 0 radical (unpaired) electrons. The highest BCUT2D eigenvalue weighted by Crippen LogP contribution is 2.32. The lowest BCUT2D eigenvalue weighted by Crippen LogP contribution is -2.44. The van der Waals surface area contributed by atoms with Gasteiger partial charge in [0.1, 0.15) is 4.90 Å². The van der Waals surface area contributed by atoms with Gasteiger partial charge in [0.2, 0.25) is 15.9 Å². The zero-order chi connectivity index (χ0) is 18.1. The van der Waals surface area contributed by atoms with Crippen molar-refractivity contribution in [1.29, 1.82) is 0 Å². The number of sulfonamides is 1. The number of carbonyl (C=O) groups excluding carboxylic acids is 1. The van der Waals surface area contributed by atoms with Crippen molar-refractivity contribution in [1.82, 2.24) is 19.1 Å². The Morgan fingerprint density at radius 2 is 1.92 bits per heavy atom. The van der Waals surface area contributed by atoms with Crippen molar-refractivity contribution in [2.45, 2.75) is 36.6 Å². The molecule has 0 bridgehead atoms. The Labute approximate surface area is 155 Å². The van der Waals surface area contributed by atoms with Crippen LogP contribution in [0.15, 0.2) is 29.4 Å². The number of likely N-dealkylation sites (tertiary alicyclic amines) is 1. The highest BCUT2D eigenvalue weighted by atomic mass is 32.2. The van der Waals surface area contributed by atoms with Gasteiger partial charge in [0.25, 0.3) is 0 Å². The summed E-state index contributed by atoms with van der Waals surface area (Å²) in [4.78, 5) is 21.1. The first-order chi connectivity index (χ1) is 12.6. The maximum atomic E-state index is 12.8. The number of nitrogens with zero attached hydrogens (tertiary/aromatic N) is 4. The van der Waals surface area contributed by atoms with Crippen LogP contribution in [0.5, 0.6) is 0 Å². The fraction of sp³-hybridized carbons (Fsp3) is 0.667. The lowest BCUT2D eigenvalue weighted by molar-refractivity contribution is -0.132. The molecule has 1 aromatic rings. The molecule has 142 valence electrons. The van der Waals surface area contributed by atoms with Gasteiger partial charge in [0.15, 0.2) is 0 Å². The van der Waals surface area contributed by atoms with Crippen LogP contribution in [-0.2, 0) is 14.8 Å². The minimum atomic E-state index is -3.52. The Morgan fingerprint density at radius 1 is 1.08 bits per heavy atom. The normalized spacial score (nSPS) is 26.2. The SMILES string of the molecule is O=C1[C@@H](N2CCCN(S(=O)(=O)c3cccnc3)CC2)CCN1CC1CC1. The molecule has 0 aromatic carbocycles. The van der Waals surface area contributed by atoms with Gasteiger partial charge in [-0.1, -0.05) is 0 Å². The molecule has 3 heterocycles. The van der Waals surface area contributed by atoms with E-state index in [1.165, 1.54) is 23.3 Å². The minimum absolute atomic E-state index is 0.0743. The molecule has 1 saturated carbocycles. The van der Waals surface area contributed by atoms with Crippen molar-refractivity contribution in [2.24, 2.45) is 5.92 Å². The van der Waals surface area contributed by atoms with Crippen LogP contribution in [0.1, 0.15) is 25.7 Å². The minimum Gasteiger partial charge on any atom is -0.341 e. The third-order valence-corrected chi connectivity index (χ3v) is 7.53. The molecule has 3 aliphatic rings. The smallest absolute Gasteiger partial charge is 0.244 e. The predicted octanol–water partition coefficient (Wildman–Crippen LogP) is 0.789. The molecule has 0 spiro atoms. The summed E-state index contributed by atoms with van der Waals surface area (Å²) in [6, 6.07) is 3.15. The number of hydrogen-bond acceptors (Lipinski definition) is 5. The molecule has 3 fully saturated rings. The van der Waals surface area contributed by atoms with E-state index in [9.17, 15) is 13.2 Å². The van der Waals surface area contributed by atoms with Crippen molar-refractivity contribution in [3.63, 3.8) is 0 Å². The summed E-state index contributed by atoms with van der Waals surface area (Å²) >= 11 is 0. The van der Waals surface area contributed by atoms with Gasteiger partial charge in [-0.2, -0.15) is 4.31 Å². The Morgan fingerprint density at radius 3 is 2.65 bits per heavy atom. The zero-order valence-electron chi connectivity index (χ0n) is 15.0. The molecule has 1 aliphatic carbocycles. The molecule has 4 rings (SSSR count). The average Bonchev–Trinajstić information content (AvgIpc) is 3.43. The summed E-state index contributed by atoms with van der Waals surface area (Å²) in [6.45, 7) is 4.03. The predicted molar refractivity (Wildman–Crippen MR) is 96.9 cm³/mol. The molecule has 26 heavy (non-hydrogen) atoms. The van der Waals surface area contributed by atoms with E-state index in [-0.39, 0.29) is 16.8 Å². The molecular weight excluding hydrogens is 352 g/mol. The fourth-order valence-electron chi connectivity index (χ4n) is 3.97. The van der Waals surface area contributed by atoms with Crippen molar-refractivity contribution >= 4 is 15.9 Å². The standard InChI is InChI=1S/C18H26N4O3S/c23-18-17(6-10-21(18)14-15-4-5-15)20-8-2-9-22(12-11-20)26(24,25)16-3-1-7-19-13-16/h1,3,7,13,15,17H,2,4-6,8-12,14H2/t17-/m0/s1. The topological polar surface area (TPSA) is 73.8 Å². The summed E-state index contributed by atoms with van der Waals surface area (Å²) in [5.74, 6) is 0.947. The quantitative estimate of drug-likeness (QED) is 0.757. The number of hydrogen-bond donors (Lipinski definition) is 0. The van der Waals surface area contributed by atoms with E-state index in [4.69, 9.17) is 0 Å². The zero-order valence-corrected chi connectivity index (χ0v) is 15.8. The Balaban J connectivity index is 1.40. The van der Waals surface area contributed by atoms with E-state index in [0.29, 0.717) is 25.6 Å². The number of aromatic nitrogens is 1. The molecule has 0 N–H and O–H groups in total. The van der Waals surface area contributed by atoms with E-state index >= 15 is 0 Å². The first kappa shape index (κ1) is 17.9. The van der Waals surface area contributed by atoms with Crippen LogP contribution in [0.3, 0.4) is 0 Å². The van der Waals surface area contributed by atoms with Gasteiger partial charge >= 0.3 is 0 Å². The monoisotopic (exact) mass is 378 g/mol. The number of carbonyl (C=O) groups is 1. The fourth-order valence-corrected chi connectivity index (χ4v) is 5.40. The molecular formula is C18H26N4O3S. The van der Waals surface area contributed by atoms with Crippen molar-refractivity contribution in [2.75, 3.05) is 39.3 Å². The van der Waals surface area contributed by atoms with Crippen LogP contribution < -0.4 is 0 Å². The maximum Gasteiger partial charge on any atom is 0.244 e. The van der Waals surface area contributed by atoms with Crippen LogP contribution in [-0.4, -0.2) is 78.7 Å². The molecule has 8 heteroatoms. The molecule has 7 nitrogen and oxygen atoms in total. The Kier molecular flexibility index (Phi) is 4.98. The Hall–Kier alpha value is -1.51. The molecule has 1 amide bonds. The number of amides is 1. The second kappa shape index (κ2) is 7.25. The van der Waals surface area contributed by atoms with Crippen molar-refractivity contribution in [3.05, 3.63) is 24.5 Å². The van der Waals surface area contributed by atoms with Crippen LogP contribution in [0.4, 0.5) is 0 Å². The summed E-state index contributed by atoms with van der Waals surface area (Å²) < 4.78 is 27.1. The molecule has 1 atom stereocenters. The summed E-state index contributed by atoms with van der Waals surface area (Å²) in [5.41, 5.74) is 0. The van der Waals surface area contributed by atoms with Gasteiger partial charge in [-0.05, 0) is 43.7 Å². The van der Waals surface area contributed by atoms with E-state index < -0.39 is 10.0 Å². The number of pyridine rings is 1. The van der Waals surface area contributed by atoms with Gasteiger partial charge < -0.3 is 4.90 Å².